The molecule has 0 spiro atoms. The van der Waals surface area contributed by atoms with E-state index in [-0.39, 0.29) is 0 Å². The maximum absolute atomic E-state index is 11.3. The van der Waals surface area contributed by atoms with Crippen molar-refractivity contribution in [1.29, 1.82) is 0 Å². The lowest BCUT2D eigenvalue weighted by molar-refractivity contribution is 0.0706. The molecule has 6 heteroatoms. The van der Waals surface area contributed by atoms with Gasteiger partial charge in [-0.05, 0) is 30.3 Å². The van der Waals surface area contributed by atoms with E-state index in [0.717, 1.165) is 5.69 Å². The highest BCUT2D eigenvalue weighted by atomic mass is 16.5. The highest BCUT2D eigenvalue weighted by Crippen LogP contribution is 2.22. The lowest BCUT2D eigenvalue weighted by atomic mass is 10.2. The van der Waals surface area contributed by atoms with Crippen molar-refractivity contribution in [1.82, 2.24) is 10.5 Å². The van der Waals surface area contributed by atoms with Crippen LogP contribution in [0.25, 0.3) is 11.1 Å². The summed E-state index contributed by atoms with van der Waals surface area (Å²) in [5.41, 5.74) is 3.82. The van der Waals surface area contributed by atoms with E-state index < -0.39 is 5.91 Å². The molecule has 0 bridgehead atoms. The van der Waals surface area contributed by atoms with Gasteiger partial charge in [0.2, 0.25) is 0 Å². The SMILES string of the molecule is O=C(NO)c1ccc2oc(Nc3ccccc3)nc2c1. The third kappa shape index (κ3) is 2.32. The molecule has 20 heavy (non-hydrogen) atoms. The predicted molar refractivity (Wildman–Crippen MR) is 73.0 cm³/mol. The minimum Gasteiger partial charge on any atom is -0.423 e. The Balaban J connectivity index is 1.92. The van der Waals surface area contributed by atoms with Crippen molar-refractivity contribution in [3.05, 3.63) is 54.1 Å². The van der Waals surface area contributed by atoms with E-state index in [1.165, 1.54) is 0 Å². The van der Waals surface area contributed by atoms with E-state index in [0.29, 0.717) is 22.7 Å². The summed E-state index contributed by atoms with van der Waals surface area (Å²) in [6, 6.07) is 14.5. The number of para-hydroxylation sites is 1. The fourth-order valence-corrected chi connectivity index (χ4v) is 1.83. The Morgan fingerprint density at radius 2 is 1.95 bits per heavy atom. The quantitative estimate of drug-likeness (QED) is 0.502. The number of anilines is 2. The van der Waals surface area contributed by atoms with Gasteiger partial charge in [-0.15, -0.1) is 0 Å². The molecular formula is C14H11N3O3. The zero-order valence-corrected chi connectivity index (χ0v) is 10.3. The van der Waals surface area contributed by atoms with Crippen molar-refractivity contribution in [2.45, 2.75) is 0 Å². The van der Waals surface area contributed by atoms with Crippen LogP contribution in [0.15, 0.2) is 52.9 Å². The second-order valence-electron chi connectivity index (χ2n) is 4.13. The molecule has 0 aliphatic rings. The Morgan fingerprint density at radius 3 is 2.70 bits per heavy atom. The number of benzene rings is 2. The predicted octanol–water partition coefficient (Wildman–Crippen LogP) is 2.69. The Hall–Kier alpha value is -2.86. The lowest BCUT2D eigenvalue weighted by Crippen LogP contribution is -2.18. The number of hydrogen-bond acceptors (Lipinski definition) is 5. The number of hydroxylamine groups is 1. The van der Waals surface area contributed by atoms with Gasteiger partial charge in [-0.25, -0.2) is 5.48 Å². The number of nitrogens with one attached hydrogen (secondary N) is 2. The zero-order chi connectivity index (χ0) is 13.9. The Morgan fingerprint density at radius 1 is 1.15 bits per heavy atom. The van der Waals surface area contributed by atoms with Crippen LogP contribution < -0.4 is 10.8 Å². The second-order valence-corrected chi connectivity index (χ2v) is 4.13. The number of hydrogen-bond donors (Lipinski definition) is 3. The van der Waals surface area contributed by atoms with E-state index >= 15 is 0 Å². The summed E-state index contributed by atoms with van der Waals surface area (Å²) in [6.07, 6.45) is 0. The second kappa shape index (κ2) is 5.02. The van der Waals surface area contributed by atoms with Gasteiger partial charge in [0, 0.05) is 11.3 Å². The van der Waals surface area contributed by atoms with Crippen LogP contribution in [0.2, 0.25) is 0 Å². The van der Waals surface area contributed by atoms with Crippen LogP contribution in [0.1, 0.15) is 10.4 Å². The molecule has 3 N–H and O–H groups in total. The van der Waals surface area contributed by atoms with E-state index in [2.05, 4.69) is 10.3 Å². The molecule has 0 atom stereocenters. The number of carbonyl (C=O) groups excluding carboxylic acids is 1. The average molecular weight is 269 g/mol. The van der Waals surface area contributed by atoms with Crippen LogP contribution in [-0.2, 0) is 0 Å². The number of carbonyl (C=O) groups is 1. The molecule has 6 nitrogen and oxygen atoms in total. The number of oxazole rings is 1. The summed E-state index contributed by atoms with van der Waals surface area (Å²) < 4.78 is 5.52. The number of amides is 1. The average Bonchev–Trinajstić information content (AvgIpc) is 2.88. The summed E-state index contributed by atoms with van der Waals surface area (Å²) >= 11 is 0. The van der Waals surface area contributed by atoms with Gasteiger partial charge in [0.15, 0.2) is 5.58 Å². The largest absolute Gasteiger partial charge is 0.423 e. The molecule has 0 fully saturated rings. The standard InChI is InChI=1S/C14H11N3O3/c18-13(17-19)9-6-7-12-11(8-9)16-14(20-12)15-10-4-2-1-3-5-10/h1-8,19H,(H,15,16)(H,17,18). The van der Waals surface area contributed by atoms with Gasteiger partial charge in [-0.3, -0.25) is 10.0 Å². The first-order valence-corrected chi connectivity index (χ1v) is 5.93. The summed E-state index contributed by atoms with van der Waals surface area (Å²) in [5.74, 6) is -0.590. The minimum absolute atomic E-state index is 0.305. The summed E-state index contributed by atoms with van der Waals surface area (Å²) in [5, 5.41) is 11.6. The van der Waals surface area contributed by atoms with Crippen molar-refractivity contribution >= 4 is 28.7 Å². The first-order chi connectivity index (χ1) is 9.76. The summed E-state index contributed by atoms with van der Waals surface area (Å²) in [6.45, 7) is 0. The number of fused-ring (bicyclic) bond motifs is 1. The number of nitrogens with zero attached hydrogens (tertiary/aromatic N) is 1. The number of rotatable bonds is 3. The molecule has 3 rings (SSSR count). The maximum Gasteiger partial charge on any atom is 0.300 e. The maximum atomic E-state index is 11.3. The third-order valence-electron chi connectivity index (χ3n) is 2.78. The highest BCUT2D eigenvalue weighted by molar-refractivity contribution is 5.96. The molecule has 1 aromatic heterocycles. The van der Waals surface area contributed by atoms with E-state index in [1.54, 1.807) is 23.7 Å². The fourth-order valence-electron chi connectivity index (χ4n) is 1.83. The first-order valence-electron chi connectivity index (χ1n) is 5.93. The zero-order valence-electron chi connectivity index (χ0n) is 10.3. The molecule has 0 radical (unpaired) electrons. The smallest absolute Gasteiger partial charge is 0.300 e. The van der Waals surface area contributed by atoms with Gasteiger partial charge in [0.25, 0.3) is 11.9 Å². The van der Waals surface area contributed by atoms with E-state index in [9.17, 15) is 4.79 Å². The molecule has 1 heterocycles. The van der Waals surface area contributed by atoms with Gasteiger partial charge in [-0.2, -0.15) is 4.98 Å². The molecule has 0 saturated heterocycles. The fraction of sp³-hybridized carbons (Fsp3) is 0. The van der Waals surface area contributed by atoms with Crippen LogP contribution in [0, 0.1) is 0 Å². The molecule has 3 aromatic rings. The highest BCUT2D eigenvalue weighted by Gasteiger charge is 2.10. The van der Waals surface area contributed by atoms with Crippen molar-refractivity contribution in [3.63, 3.8) is 0 Å². The molecule has 0 saturated carbocycles. The van der Waals surface area contributed by atoms with Gasteiger partial charge in [0.1, 0.15) is 5.52 Å². The molecule has 1 amide bonds. The van der Waals surface area contributed by atoms with Crippen molar-refractivity contribution < 1.29 is 14.4 Å². The van der Waals surface area contributed by atoms with Crippen LogP contribution in [-0.4, -0.2) is 16.1 Å². The van der Waals surface area contributed by atoms with Crippen LogP contribution in [0.5, 0.6) is 0 Å². The Kier molecular flexibility index (Phi) is 3.06. The Labute approximate surface area is 114 Å². The van der Waals surface area contributed by atoms with Crippen LogP contribution >= 0.6 is 0 Å². The minimum atomic E-state index is -0.590. The van der Waals surface area contributed by atoms with Crippen molar-refractivity contribution in [2.75, 3.05) is 5.32 Å². The topological polar surface area (TPSA) is 87.4 Å². The Bertz CT molecular complexity index is 753. The molecule has 0 aliphatic heterocycles. The van der Waals surface area contributed by atoms with Gasteiger partial charge >= 0.3 is 0 Å². The first kappa shape index (κ1) is 12.2. The number of aromatic nitrogens is 1. The van der Waals surface area contributed by atoms with E-state index in [1.807, 2.05) is 30.3 Å². The molecule has 2 aromatic carbocycles. The van der Waals surface area contributed by atoms with E-state index in [4.69, 9.17) is 9.62 Å². The monoisotopic (exact) mass is 269 g/mol. The van der Waals surface area contributed by atoms with Crippen LogP contribution in [0.4, 0.5) is 11.7 Å². The van der Waals surface area contributed by atoms with Gasteiger partial charge in [0.05, 0.1) is 0 Å². The van der Waals surface area contributed by atoms with Crippen LogP contribution in [0.3, 0.4) is 0 Å². The van der Waals surface area contributed by atoms with Crippen molar-refractivity contribution in [2.24, 2.45) is 0 Å². The lowest BCUT2D eigenvalue weighted by Gasteiger charge is -1.98. The molecule has 0 unspecified atom stereocenters. The summed E-state index contributed by atoms with van der Waals surface area (Å²) in [7, 11) is 0. The molecule has 100 valence electrons. The normalized spacial score (nSPS) is 10.4. The third-order valence-corrected chi connectivity index (χ3v) is 2.78. The van der Waals surface area contributed by atoms with Crippen molar-refractivity contribution in [3.8, 4) is 0 Å². The van der Waals surface area contributed by atoms with Gasteiger partial charge < -0.3 is 9.73 Å². The summed E-state index contributed by atoms with van der Waals surface area (Å²) in [4.78, 5) is 15.6. The molecular weight excluding hydrogens is 258 g/mol. The molecule has 0 aliphatic carbocycles. The van der Waals surface area contributed by atoms with Gasteiger partial charge in [-0.1, -0.05) is 18.2 Å².